The van der Waals surface area contributed by atoms with Crippen LogP contribution in [-0.4, -0.2) is 37.6 Å². The Morgan fingerprint density at radius 1 is 1.42 bits per heavy atom. The third-order valence-electron chi connectivity index (χ3n) is 3.71. The Labute approximate surface area is 128 Å². The Balaban J connectivity index is 0.00000180. The number of rotatable bonds is 7. The van der Waals surface area contributed by atoms with Crippen LogP contribution < -0.4 is 5.32 Å². The quantitative estimate of drug-likeness (QED) is 0.830. The van der Waals surface area contributed by atoms with Crippen molar-refractivity contribution in [3.05, 3.63) is 22.4 Å². The third-order valence-corrected chi connectivity index (χ3v) is 4.65. The molecule has 1 N–H and O–H groups in total. The van der Waals surface area contributed by atoms with Crippen molar-refractivity contribution in [2.45, 2.75) is 32.6 Å². The van der Waals surface area contributed by atoms with E-state index in [0.29, 0.717) is 0 Å². The highest BCUT2D eigenvalue weighted by Crippen LogP contribution is 2.14. The largest absolute Gasteiger partial charge is 0.316 e. The van der Waals surface area contributed by atoms with Crippen LogP contribution in [0.15, 0.2) is 17.5 Å². The monoisotopic (exact) mass is 302 g/mol. The van der Waals surface area contributed by atoms with Crippen LogP contribution in [0.3, 0.4) is 0 Å². The molecular weight excluding hydrogens is 276 g/mol. The van der Waals surface area contributed by atoms with Gasteiger partial charge in [0.05, 0.1) is 0 Å². The lowest BCUT2D eigenvalue weighted by Gasteiger charge is -2.29. The molecule has 0 spiro atoms. The molecule has 0 amide bonds. The zero-order valence-electron chi connectivity index (χ0n) is 11.9. The van der Waals surface area contributed by atoms with Gasteiger partial charge in [-0.25, -0.2) is 0 Å². The van der Waals surface area contributed by atoms with Crippen molar-refractivity contribution in [1.82, 2.24) is 10.2 Å². The van der Waals surface area contributed by atoms with Crippen molar-refractivity contribution < 1.29 is 0 Å². The van der Waals surface area contributed by atoms with Gasteiger partial charge >= 0.3 is 0 Å². The van der Waals surface area contributed by atoms with E-state index in [2.05, 4.69) is 34.7 Å². The van der Waals surface area contributed by atoms with E-state index in [4.69, 9.17) is 0 Å². The highest BCUT2D eigenvalue weighted by Gasteiger charge is 2.16. The molecule has 0 bridgehead atoms. The number of hydrogen-bond acceptors (Lipinski definition) is 3. The average Bonchev–Trinajstić information content (AvgIpc) is 2.91. The molecule has 1 fully saturated rings. The van der Waals surface area contributed by atoms with Gasteiger partial charge in [0.25, 0.3) is 0 Å². The number of nitrogens with one attached hydrogen (secondary N) is 1. The fourth-order valence-electron chi connectivity index (χ4n) is 2.78. The maximum absolute atomic E-state index is 3.53. The van der Waals surface area contributed by atoms with E-state index < -0.39 is 0 Å². The van der Waals surface area contributed by atoms with Crippen LogP contribution in [0.1, 0.15) is 31.1 Å². The van der Waals surface area contributed by atoms with Crippen LogP contribution in [-0.2, 0) is 6.42 Å². The number of hydrogen-bond donors (Lipinski definition) is 1. The summed E-state index contributed by atoms with van der Waals surface area (Å²) in [7, 11) is 0. The van der Waals surface area contributed by atoms with Gasteiger partial charge in [-0.15, -0.1) is 23.7 Å². The second-order valence-electron chi connectivity index (χ2n) is 5.34. The molecule has 1 unspecified atom stereocenters. The molecule has 1 atom stereocenters. The predicted octanol–water partition coefficient (Wildman–Crippen LogP) is 3.42. The van der Waals surface area contributed by atoms with Crippen molar-refractivity contribution in [1.29, 1.82) is 0 Å². The summed E-state index contributed by atoms with van der Waals surface area (Å²) >= 11 is 1.89. The molecule has 1 aromatic heterocycles. The van der Waals surface area contributed by atoms with Crippen molar-refractivity contribution in [2.75, 3.05) is 32.7 Å². The zero-order valence-corrected chi connectivity index (χ0v) is 13.6. The molecule has 2 rings (SSSR count). The van der Waals surface area contributed by atoms with Gasteiger partial charge in [0, 0.05) is 18.0 Å². The number of halogens is 1. The summed E-state index contributed by atoms with van der Waals surface area (Å²) in [6.07, 6.45) is 5.25. The van der Waals surface area contributed by atoms with Gasteiger partial charge in [0.15, 0.2) is 0 Å². The van der Waals surface area contributed by atoms with Crippen LogP contribution in [0, 0.1) is 5.92 Å². The Bertz CT molecular complexity index is 310. The first-order chi connectivity index (χ1) is 8.88. The molecular formula is C15H27ClN2S. The van der Waals surface area contributed by atoms with E-state index in [0.717, 1.165) is 5.92 Å². The fraction of sp³-hybridized carbons (Fsp3) is 0.733. The third kappa shape index (κ3) is 6.26. The minimum absolute atomic E-state index is 0. The second-order valence-corrected chi connectivity index (χ2v) is 6.37. The maximum atomic E-state index is 3.53. The molecule has 1 aliphatic heterocycles. The summed E-state index contributed by atoms with van der Waals surface area (Å²) in [5.74, 6) is 0.869. The van der Waals surface area contributed by atoms with E-state index in [1.165, 1.54) is 63.3 Å². The lowest BCUT2D eigenvalue weighted by Crippen LogP contribution is -2.39. The van der Waals surface area contributed by atoms with Crippen LogP contribution in [0.25, 0.3) is 0 Å². The molecule has 2 nitrogen and oxygen atoms in total. The Morgan fingerprint density at radius 3 is 2.95 bits per heavy atom. The van der Waals surface area contributed by atoms with E-state index in [9.17, 15) is 0 Å². The first-order valence-corrected chi connectivity index (χ1v) is 8.22. The standard InChI is InChI=1S/C15H26N2S.ClH/c1-2-9-17(10-7-15-6-4-11-18-15)13-14-5-3-8-16-12-14;/h4,6,11,14,16H,2-3,5,7-10,12-13H2,1H3;1H. The van der Waals surface area contributed by atoms with Gasteiger partial charge in [-0.2, -0.15) is 0 Å². The smallest absolute Gasteiger partial charge is 0.00579 e. The predicted molar refractivity (Wildman–Crippen MR) is 87.6 cm³/mol. The van der Waals surface area contributed by atoms with Gasteiger partial charge < -0.3 is 10.2 Å². The normalized spacial score (nSPS) is 19.4. The highest BCUT2D eigenvalue weighted by atomic mass is 35.5. The molecule has 19 heavy (non-hydrogen) atoms. The molecule has 0 aliphatic carbocycles. The molecule has 1 aliphatic rings. The van der Waals surface area contributed by atoms with Crippen LogP contribution in [0.5, 0.6) is 0 Å². The summed E-state index contributed by atoms with van der Waals surface area (Å²) in [5, 5.41) is 5.71. The summed E-state index contributed by atoms with van der Waals surface area (Å²) in [4.78, 5) is 4.19. The first-order valence-electron chi connectivity index (χ1n) is 7.34. The number of piperidine rings is 1. The molecule has 0 saturated carbocycles. The van der Waals surface area contributed by atoms with E-state index >= 15 is 0 Å². The van der Waals surface area contributed by atoms with Gasteiger partial charge in [-0.05, 0) is 62.7 Å². The summed E-state index contributed by atoms with van der Waals surface area (Å²) in [6.45, 7) is 8.49. The van der Waals surface area contributed by atoms with Crippen molar-refractivity contribution in [3.8, 4) is 0 Å². The first kappa shape index (κ1) is 17.0. The summed E-state index contributed by atoms with van der Waals surface area (Å²) in [5.41, 5.74) is 0. The maximum Gasteiger partial charge on any atom is 0.00579 e. The van der Waals surface area contributed by atoms with Crippen molar-refractivity contribution >= 4 is 23.7 Å². The van der Waals surface area contributed by atoms with Crippen LogP contribution in [0.2, 0.25) is 0 Å². The zero-order chi connectivity index (χ0) is 12.6. The second kappa shape index (κ2) is 9.76. The highest BCUT2D eigenvalue weighted by molar-refractivity contribution is 7.09. The topological polar surface area (TPSA) is 15.3 Å². The molecule has 2 heterocycles. The number of thiophene rings is 1. The molecule has 110 valence electrons. The van der Waals surface area contributed by atoms with E-state index in [1.54, 1.807) is 0 Å². The molecule has 0 aromatic carbocycles. The van der Waals surface area contributed by atoms with Crippen molar-refractivity contribution in [2.24, 2.45) is 5.92 Å². The van der Waals surface area contributed by atoms with Gasteiger partial charge in [-0.1, -0.05) is 13.0 Å². The Morgan fingerprint density at radius 2 is 2.32 bits per heavy atom. The van der Waals surface area contributed by atoms with Gasteiger partial charge in [0.1, 0.15) is 0 Å². The Kier molecular flexibility index (Phi) is 8.71. The summed E-state index contributed by atoms with van der Waals surface area (Å²) in [6, 6.07) is 4.42. The van der Waals surface area contributed by atoms with Crippen LogP contribution >= 0.6 is 23.7 Å². The minimum atomic E-state index is 0. The number of nitrogens with zero attached hydrogens (tertiary/aromatic N) is 1. The summed E-state index contributed by atoms with van der Waals surface area (Å²) < 4.78 is 0. The fourth-order valence-corrected chi connectivity index (χ4v) is 3.48. The molecule has 1 saturated heterocycles. The SMILES string of the molecule is CCCN(CCc1cccs1)CC1CCCNC1.Cl. The van der Waals surface area contributed by atoms with Gasteiger partial charge in [0.2, 0.25) is 0 Å². The van der Waals surface area contributed by atoms with Crippen molar-refractivity contribution in [3.63, 3.8) is 0 Å². The molecule has 1 aromatic rings. The molecule has 0 radical (unpaired) electrons. The van der Waals surface area contributed by atoms with Gasteiger partial charge in [-0.3, -0.25) is 0 Å². The molecule has 4 heteroatoms. The van der Waals surface area contributed by atoms with Crippen LogP contribution in [0.4, 0.5) is 0 Å². The van der Waals surface area contributed by atoms with E-state index in [1.807, 2.05) is 11.3 Å². The lowest BCUT2D eigenvalue weighted by atomic mass is 9.99. The average molecular weight is 303 g/mol. The van der Waals surface area contributed by atoms with E-state index in [-0.39, 0.29) is 12.4 Å². The Hall–Kier alpha value is -0.0900. The lowest BCUT2D eigenvalue weighted by molar-refractivity contribution is 0.210. The minimum Gasteiger partial charge on any atom is -0.316 e.